The van der Waals surface area contributed by atoms with Crippen LogP contribution in [0.25, 0.3) is 22.2 Å². The summed E-state index contributed by atoms with van der Waals surface area (Å²) in [5, 5.41) is 6.39. The molecular weight excluding hydrogens is 406 g/mol. The molecule has 0 fully saturated rings. The van der Waals surface area contributed by atoms with E-state index in [1.54, 1.807) is 25.4 Å². The minimum Gasteiger partial charge on any atom is -0.383 e. The molecule has 8 nitrogen and oxygen atoms in total. The minimum atomic E-state index is -3.22. The first-order valence-electron chi connectivity index (χ1n) is 9.89. The van der Waals surface area contributed by atoms with Crippen molar-refractivity contribution >= 4 is 28.4 Å². The Morgan fingerprint density at radius 1 is 1.26 bits per heavy atom. The van der Waals surface area contributed by atoms with Crippen LogP contribution in [0.3, 0.4) is 0 Å². The molecule has 3 heterocycles. The van der Waals surface area contributed by atoms with Gasteiger partial charge in [-0.25, -0.2) is 15.0 Å². The van der Waals surface area contributed by atoms with Crippen LogP contribution in [0, 0.1) is 0 Å². The van der Waals surface area contributed by atoms with Gasteiger partial charge in [0.1, 0.15) is 11.6 Å². The highest BCUT2D eigenvalue weighted by Crippen LogP contribution is 2.35. The van der Waals surface area contributed by atoms with Crippen molar-refractivity contribution in [3.63, 3.8) is 0 Å². The summed E-state index contributed by atoms with van der Waals surface area (Å²) in [7, 11) is 1.56. The number of fused-ring (bicyclic) bond motifs is 1. The molecule has 2 N–H and O–H groups in total. The van der Waals surface area contributed by atoms with E-state index in [1.165, 1.54) is 6.92 Å². The molecule has 0 bridgehead atoms. The van der Waals surface area contributed by atoms with Crippen molar-refractivity contribution in [3.8, 4) is 11.3 Å². The average Bonchev–Trinajstić information content (AvgIpc) is 3.06. The van der Waals surface area contributed by atoms with Crippen LogP contribution >= 0.6 is 0 Å². The Bertz CT molecular complexity index is 1090. The van der Waals surface area contributed by atoms with Gasteiger partial charge in [-0.3, -0.25) is 4.79 Å². The molecule has 0 unspecified atom stereocenters. The van der Waals surface area contributed by atoms with Gasteiger partial charge in [-0.1, -0.05) is 0 Å². The molecule has 0 radical (unpaired) electrons. The molecule has 0 atom stereocenters. The summed E-state index contributed by atoms with van der Waals surface area (Å²) in [6, 6.07) is 3.44. The number of methoxy groups -OCH3 is 1. The first-order chi connectivity index (χ1) is 14.6. The molecule has 0 saturated carbocycles. The van der Waals surface area contributed by atoms with Gasteiger partial charge in [0.05, 0.1) is 24.0 Å². The molecule has 1 amide bonds. The summed E-state index contributed by atoms with van der Waals surface area (Å²) >= 11 is 0. The number of carbonyl (C=O) groups is 1. The molecule has 3 aromatic heterocycles. The fraction of sp³-hybridized carbons (Fsp3) is 0.429. The molecule has 0 aliphatic carbocycles. The quantitative estimate of drug-likeness (QED) is 0.518. The van der Waals surface area contributed by atoms with Gasteiger partial charge in [-0.2, -0.15) is 8.78 Å². The number of hydrogen-bond donors (Lipinski definition) is 2. The Hall–Kier alpha value is -3.14. The maximum atomic E-state index is 14.1. The van der Waals surface area contributed by atoms with Crippen molar-refractivity contribution in [3.05, 3.63) is 30.4 Å². The number of carbonyl (C=O) groups excluding carboxylic acids is 1. The molecule has 3 aromatic rings. The van der Waals surface area contributed by atoms with E-state index in [2.05, 4.69) is 25.6 Å². The maximum Gasteiger partial charge on any atom is 0.303 e. The standard InChI is InChI=1S/C21H26F2N6O2/c1-12(2)29-11-15(14-8-18(26-13(3)30)25-10-17(14)29)16-9-19(24-6-7-31-5)28-20(27-16)21(4,22)23/h8-12H,6-7H2,1-5H3,(H,24,27,28)(H,25,26,30). The lowest BCUT2D eigenvalue weighted by Crippen LogP contribution is -2.16. The van der Waals surface area contributed by atoms with Crippen molar-refractivity contribution in [2.24, 2.45) is 0 Å². The summed E-state index contributed by atoms with van der Waals surface area (Å²) in [5.41, 5.74) is 1.78. The second-order valence-corrected chi connectivity index (χ2v) is 7.58. The van der Waals surface area contributed by atoms with Crippen LogP contribution in [-0.2, 0) is 15.5 Å². The molecular formula is C21H26F2N6O2. The smallest absolute Gasteiger partial charge is 0.303 e. The van der Waals surface area contributed by atoms with Crippen molar-refractivity contribution in [2.75, 3.05) is 30.9 Å². The Morgan fingerprint density at radius 2 is 2.00 bits per heavy atom. The molecule has 166 valence electrons. The number of rotatable bonds is 8. The number of ether oxygens (including phenoxy) is 1. The van der Waals surface area contributed by atoms with Crippen LogP contribution in [0.4, 0.5) is 20.4 Å². The van der Waals surface area contributed by atoms with E-state index in [4.69, 9.17) is 4.74 Å². The first-order valence-corrected chi connectivity index (χ1v) is 9.89. The Morgan fingerprint density at radius 3 is 2.61 bits per heavy atom. The van der Waals surface area contributed by atoms with Crippen LogP contribution in [0.5, 0.6) is 0 Å². The largest absolute Gasteiger partial charge is 0.383 e. The predicted molar refractivity (Wildman–Crippen MR) is 115 cm³/mol. The molecule has 0 aliphatic rings. The van der Waals surface area contributed by atoms with Gasteiger partial charge in [0.2, 0.25) is 11.7 Å². The van der Waals surface area contributed by atoms with E-state index < -0.39 is 11.7 Å². The van der Waals surface area contributed by atoms with E-state index in [9.17, 15) is 13.6 Å². The number of aromatic nitrogens is 4. The summed E-state index contributed by atoms with van der Waals surface area (Å²) in [5.74, 6) is -3.40. The molecule has 0 saturated heterocycles. The van der Waals surface area contributed by atoms with Crippen LogP contribution in [-0.4, -0.2) is 45.7 Å². The van der Waals surface area contributed by atoms with E-state index in [-0.39, 0.29) is 17.8 Å². The highest BCUT2D eigenvalue weighted by atomic mass is 19.3. The van der Waals surface area contributed by atoms with Crippen molar-refractivity contribution in [1.82, 2.24) is 19.5 Å². The molecule has 10 heteroatoms. The van der Waals surface area contributed by atoms with Crippen LogP contribution in [0.2, 0.25) is 0 Å². The molecule has 0 spiro atoms. The maximum absolute atomic E-state index is 14.1. The second-order valence-electron chi connectivity index (χ2n) is 7.58. The van der Waals surface area contributed by atoms with Gasteiger partial charge in [-0.15, -0.1) is 0 Å². The number of nitrogens with one attached hydrogen (secondary N) is 2. The molecule has 0 aromatic carbocycles. The van der Waals surface area contributed by atoms with Gasteiger partial charge in [0, 0.05) is 56.8 Å². The van der Waals surface area contributed by atoms with Gasteiger partial charge in [0.25, 0.3) is 0 Å². The zero-order valence-electron chi connectivity index (χ0n) is 18.2. The summed E-state index contributed by atoms with van der Waals surface area (Å²) in [6.45, 7) is 6.98. The summed E-state index contributed by atoms with van der Waals surface area (Å²) < 4.78 is 35.3. The van der Waals surface area contributed by atoms with E-state index >= 15 is 0 Å². The highest BCUT2D eigenvalue weighted by molar-refractivity contribution is 5.98. The number of pyridine rings is 1. The lowest BCUT2D eigenvalue weighted by atomic mass is 10.1. The summed E-state index contributed by atoms with van der Waals surface area (Å²) in [6.07, 6.45) is 3.51. The SMILES string of the molecule is COCCNc1cc(-c2cn(C(C)C)c3cnc(NC(C)=O)cc23)nc(C(C)(F)F)n1. The number of halogens is 2. The predicted octanol–water partition coefficient (Wildman–Crippen LogP) is 4.20. The third-order valence-electron chi connectivity index (χ3n) is 4.59. The number of nitrogens with zero attached hydrogens (tertiary/aromatic N) is 4. The Balaban J connectivity index is 2.20. The topological polar surface area (TPSA) is 94.0 Å². The zero-order valence-corrected chi connectivity index (χ0v) is 18.2. The number of hydrogen-bond acceptors (Lipinski definition) is 6. The highest BCUT2D eigenvalue weighted by Gasteiger charge is 2.30. The fourth-order valence-corrected chi connectivity index (χ4v) is 3.18. The lowest BCUT2D eigenvalue weighted by Gasteiger charge is -2.13. The lowest BCUT2D eigenvalue weighted by molar-refractivity contribution is -0.114. The molecule has 3 rings (SSSR count). The van der Waals surface area contributed by atoms with Crippen LogP contribution < -0.4 is 10.6 Å². The monoisotopic (exact) mass is 432 g/mol. The molecule has 31 heavy (non-hydrogen) atoms. The second kappa shape index (κ2) is 8.93. The van der Waals surface area contributed by atoms with Gasteiger partial charge in [0.15, 0.2) is 0 Å². The minimum absolute atomic E-state index is 0.0953. The third kappa shape index (κ3) is 5.13. The number of amides is 1. The number of anilines is 2. The van der Waals surface area contributed by atoms with Crippen LogP contribution in [0.1, 0.15) is 39.6 Å². The van der Waals surface area contributed by atoms with Crippen molar-refractivity contribution in [2.45, 2.75) is 39.7 Å². The Labute approximate surface area is 179 Å². The van der Waals surface area contributed by atoms with E-state index in [0.29, 0.717) is 30.2 Å². The van der Waals surface area contributed by atoms with Gasteiger partial charge in [-0.05, 0) is 19.9 Å². The fourth-order valence-electron chi connectivity index (χ4n) is 3.18. The zero-order chi connectivity index (χ0) is 22.8. The van der Waals surface area contributed by atoms with Crippen LogP contribution in [0.15, 0.2) is 24.5 Å². The first kappa shape index (κ1) is 22.5. The molecule has 0 aliphatic heterocycles. The van der Waals surface area contributed by atoms with Gasteiger partial charge < -0.3 is 19.9 Å². The van der Waals surface area contributed by atoms with Crippen molar-refractivity contribution in [1.29, 1.82) is 0 Å². The third-order valence-corrected chi connectivity index (χ3v) is 4.59. The average molecular weight is 432 g/mol. The Kier molecular flexibility index (Phi) is 6.49. The van der Waals surface area contributed by atoms with Gasteiger partial charge >= 0.3 is 5.92 Å². The number of alkyl halides is 2. The van der Waals surface area contributed by atoms with Crippen molar-refractivity contribution < 1.29 is 18.3 Å². The van der Waals surface area contributed by atoms with E-state index in [0.717, 1.165) is 17.8 Å². The summed E-state index contributed by atoms with van der Waals surface area (Å²) in [4.78, 5) is 23.9. The normalized spacial score (nSPS) is 11.9. The van der Waals surface area contributed by atoms with E-state index in [1.807, 2.05) is 24.6 Å².